The first kappa shape index (κ1) is 19.1. The number of pyridine rings is 1. The number of benzene rings is 2. The van der Waals surface area contributed by atoms with Crippen molar-refractivity contribution in [3.63, 3.8) is 0 Å². The maximum Gasteiger partial charge on any atom is 0.191 e. The molecule has 0 bridgehead atoms. The Bertz CT molecular complexity index is 1040. The molecule has 0 atom stereocenters. The number of halogens is 1. The number of aromatic nitrogens is 4. The van der Waals surface area contributed by atoms with Gasteiger partial charge in [-0.25, -0.2) is 4.39 Å². The van der Waals surface area contributed by atoms with Crippen LogP contribution in [0.4, 0.5) is 4.39 Å². The summed E-state index contributed by atoms with van der Waals surface area (Å²) in [6.45, 7) is 1.16. The first-order chi connectivity index (χ1) is 14.3. The number of hydrogen-bond donors (Lipinski definition) is 0. The molecule has 0 amide bonds. The second-order valence-electron chi connectivity index (χ2n) is 6.26. The monoisotopic (exact) mass is 406 g/mol. The van der Waals surface area contributed by atoms with Crippen LogP contribution in [-0.2, 0) is 6.54 Å². The quantitative estimate of drug-likeness (QED) is 0.314. The number of hydrogen-bond acceptors (Lipinski definition) is 5. The Hall–Kier alpha value is -3.19. The van der Waals surface area contributed by atoms with Crippen LogP contribution in [0, 0.1) is 5.82 Å². The maximum absolute atomic E-state index is 13.0. The maximum atomic E-state index is 13.0. The van der Waals surface area contributed by atoms with E-state index in [1.807, 2.05) is 30.3 Å². The van der Waals surface area contributed by atoms with Crippen molar-refractivity contribution in [1.82, 2.24) is 19.7 Å². The van der Waals surface area contributed by atoms with Crippen molar-refractivity contribution < 1.29 is 9.13 Å². The number of thioether (sulfide) groups is 1. The Morgan fingerprint density at radius 2 is 1.66 bits per heavy atom. The van der Waals surface area contributed by atoms with E-state index < -0.39 is 0 Å². The second-order valence-corrected chi connectivity index (χ2v) is 7.33. The van der Waals surface area contributed by atoms with Gasteiger partial charge < -0.3 is 4.74 Å². The zero-order valence-corrected chi connectivity index (χ0v) is 16.4. The first-order valence-electron chi connectivity index (χ1n) is 9.18. The molecular formula is C22H19FN4OS. The van der Waals surface area contributed by atoms with Gasteiger partial charge in [-0.05, 0) is 42.0 Å². The highest BCUT2D eigenvalue weighted by molar-refractivity contribution is 7.99. The van der Waals surface area contributed by atoms with E-state index >= 15 is 0 Å². The molecule has 146 valence electrons. The predicted octanol–water partition coefficient (Wildman–Crippen LogP) is 4.70. The molecular weight excluding hydrogens is 387 g/mol. The minimum absolute atomic E-state index is 0.274. The van der Waals surface area contributed by atoms with Gasteiger partial charge in [0.05, 0.1) is 13.2 Å². The summed E-state index contributed by atoms with van der Waals surface area (Å²) < 4.78 is 20.8. The molecule has 0 aliphatic heterocycles. The summed E-state index contributed by atoms with van der Waals surface area (Å²) in [6, 6.07) is 20.1. The summed E-state index contributed by atoms with van der Waals surface area (Å²) in [4.78, 5) is 4.08. The van der Waals surface area contributed by atoms with Crippen molar-refractivity contribution in [2.24, 2.45) is 0 Å². The van der Waals surface area contributed by atoms with Crippen LogP contribution in [-0.4, -0.2) is 32.1 Å². The molecule has 2 heterocycles. The summed E-state index contributed by atoms with van der Waals surface area (Å²) in [5, 5.41) is 9.63. The lowest BCUT2D eigenvalue weighted by molar-refractivity contribution is 0.343. The van der Waals surface area contributed by atoms with E-state index in [1.165, 1.54) is 17.7 Å². The third-order valence-corrected chi connectivity index (χ3v) is 5.17. The summed E-state index contributed by atoms with van der Waals surface area (Å²) >= 11 is 1.58. The minimum atomic E-state index is -0.274. The van der Waals surface area contributed by atoms with Crippen LogP contribution < -0.4 is 4.74 Å². The summed E-state index contributed by atoms with van der Waals surface area (Å²) in [6.07, 6.45) is 3.50. The SMILES string of the molecule is Fc1ccc(OCCSc2nnc(-c3ccncc3)n2Cc2ccccc2)cc1. The second kappa shape index (κ2) is 9.34. The Labute approximate surface area is 172 Å². The fourth-order valence-corrected chi connectivity index (χ4v) is 3.60. The van der Waals surface area contributed by atoms with Crippen molar-refractivity contribution in [1.29, 1.82) is 0 Å². The molecule has 5 nitrogen and oxygen atoms in total. The van der Waals surface area contributed by atoms with Gasteiger partial charge in [-0.3, -0.25) is 9.55 Å². The van der Waals surface area contributed by atoms with Crippen molar-refractivity contribution >= 4 is 11.8 Å². The normalized spacial score (nSPS) is 10.8. The van der Waals surface area contributed by atoms with Crippen LogP contribution in [0.15, 0.2) is 84.3 Å². The summed E-state index contributed by atoms with van der Waals surface area (Å²) in [5.74, 6) is 1.87. The molecule has 29 heavy (non-hydrogen) atoms. The van der Waals surface area contributed by atoms with Gasteiger partial charge in [0.15, 0.2) is 11.0 Å². The zero-order valence-electron chi connectivity index (χ0n) is 15.6. The Balaban J connectivity index is 1.48. The van der Waals surface area contributed by atoms with Gasteiger partial charge in [-0.1, -0.05) is 42.1 Å². The van der Waals surface area contributed by atoms with Crippen LogP contribution in [0.2, 0.25) is 0 Å². The number of nitrogens with zero attached hydrogens (tertiary/aromatic N) is 4. The highest BCUT2D eigenvalue weighted by Gasteiger charge is 2.15. The van der Waals surface area contributed by atoms with Crippen LogP contribution in [0.1, 0.15) is 5.56 Å². The Kier molecular flexibility index (Phi) is 6.16. The molecule has 0 aliphatic carbocycles. The van der Waals surface area contributed by atoms with Crippen LogP contribution in [0.25, 0.3) is 11.4 Å². The van der Waals surface area contributed by atoms with E-state index in [-0.39, 0.29) is 5.82 Å². The topological polar surface area (TPSA) is 52.8 Å². The summed E-state index contributed by atoms with van der Waals surface area (Å²) in [7, 11) is 0. The number of rotatable bonds is 8. The van der Waals surface area contributed by atoms with E-state index in [1.54, 1.807) is 36.3 Å². The summed E-state index contributed by atoms with van der Waals surface area (Å²) in [5.41, 5.74) is 2.14. The molecule has 0 fully saturated rings. The fraction of sp³-hybridized carbons (Fsp3) is 0.136. The number of ether oxygens (including phenoxy) is 1. The smallest absolute Gasteiger partial charge is 0.191 e. The lowest BCUT2D eigenvalue weighted by Gasteiger charge is -2.11. The van der Waals surface area contributed by atoms with Gasteiger partial charge in [0.25, 0.3) is 0 Å². The predicted molar refractivity (Wildman–Crippen MR) is 111 cm³/mol. The fourth-order valence-electron chi connectivity index (χ4n) is 2.84. The van der Waals surface area contributed by atoms with Crippen molar-refractivity contribution in [3.05, 3.63) is 90.5 Å². The van der Waals surface area contributed by atoms with Crippen molar-refractivity contribution in [3.8, 4) is 17.1 Å². The van der Waals surface area contributed by atoms with E-state index in [0.29, 0.717) is 24.7 Å². The molecule has 0 saturated heterocycles. The van der Waals surface area contributed by atoms with E-state index in [4.69, 9.17) is 4.74 Å². The average Bonchev–Trinajstić information content (AvgIpc) is 3.16. The van der Waals surface area contributed by atoms with Gasteiger partial charge in [0.2, 0.25) is 0 Å². The van der Waals surface area contributed by atoms with E-state index in [2.05, 4.69) is 31.9 Å². The molecule has 7 heteroatoms. The van der Waals surface area contributed by atoms with Crippen molar-refractivity contribution in [2.75, 3.05) is 12.4 Å². The molecule has 0 saturated carbocycles. The first-order valence-corrected chi connectivity index (χ1v) is 10.2. The van der Waals surface area contributed by atoms with Crippen LogP contribution in [0.3, 0.4) is 0 Å². The highest BCUT2D eigenvalue weighted by atomic mass is 32.2. The zero-order chi connectivity index (χ0) is 19.9. The van der Waals surface area contributed by atoms with Crippen LogP contribution in [0.5, 0.6) is 5.75 Å². The molecule has 2 aromatic carbocycles. The lowest BCUT2D eigenvalue weighted by Crippen LogP contribution is -2.06. The Morgan fingerprint density at radius 1 is 0.897 bits per heavy atom. The van der Waals surface area contributed by atoms with Gasteiger partial charge in [-0.15, -0.1) is 10.2 Å². The standard InChI is InChI=1S/C22H19FN4OS/c23-19-6-8-20(9-7-19)28-14-15-29-22-26-25-21(18-10-12-24-13-11-18)27(22)16-17-4-2-1-3-5-17/h1-13H,14-16H2. The largest absolute Gasteiger partial charge is 0.493 e. The molecule has 2 aromatic heterocycles. The lowest BCUT2D eigenvalue weighted by atomic mass is 10.2. The van der Waals surface area contributed by atoms with Crippen LogP contribution >= 0.6 is 11.8 Å². The third kappa shape index (κ3) is 5.00. The molecule has 0 unspecified atom stereocenters. The van der Waals surface area contributed by atoms with Gasteiger partial charge in [0, 0.05) is 23.7 Å². The highest BCUT2D eigenvalue weighted by Crippen LogP contribution is 2.25. The molecule has 0 spiro atoms. The van der Waals surface area contributed by atoms with Gasteiger partial charge >= 0.3 is 0 Å². The molecule has 0 N–H and O–H groups in total. The molecule has 0 radical (unpaired) electrons. The molecule has 4 rings (SSSR count). The van der Waals surface area contributed by atoms with Gasteiger partial charge in [-0.2, -0.15) is 0 Å². The average molecular weight is 406 g/mol. The molecule has 0 aliphatic rings. The Morgan fingerprint density at radius 3 is 2.41 bits per heavy atom. The van der Waals surface area contributed by atoms with E-state index in [0.717, 1.165) is 16.5 Å². The minimum Gasteiger partial charge on any atom is -0.493 e. The molecule has 4 aromatic rings. The van der Waals surface area contributed by atoms with Gasteiger partial charge in [0.1, 0.15) is 11.6 Å². The third-order valence-electron chi connectivity index (χ3n) is 4.24. The van der Waals surface area contributed by atoms with Crippen molar-refractivity contribution in [2.45, 2.75) is 11.7 Å². The van der Waals surface area contributed by atoms with E-state index in [9.17, 15) is 4.39 Å².